The van der Waals surface area contributed by atoms with E-state index in [9.17, 15) is 9.18 Å². The van der Waals surface area contributed by atoms with Crippen LogP contribution in [0.15, 0.2) is 24.4 Å². The van der Waals surface area contributed by atoms with Crippen LogP contribution in [0.2, 0.25) is 0 Å². The topological polar surface area (TPSA) is 72.9 Å². The zero-order valence-electron chi connectivity index (χ0n) is 12.2. The van der Waals surface area contributed by atoms with Gasteiger partial charge in [-0.1, -0.05) is 6.92 Å². The highest BCUT2D eigenvalue weighted by Gasteiger charge is 2.11. The molecule has 1 aromatic heterocycles. The van der Waals surface area contributed by atoms with Crippen LogP contribution in [0, 0.1) is 12.7 Å². The molecule has 5 nitrogen and oxygen atoms in total. The summed E-state index contributed by atoms with van der Waals surface area (Å²) < 4.78 is 15.7. The summed E-state index contributed by atoms with van der Waals surface area (Å²) in [6.45, 7) is 5.07. The van der Waals surface area contributed by atoms with Crippen molar-refractivity contribution in [3.63, 3.8) is 0 Å². The third kappa shape index (κ3) is 3.39. The minimum atomic E-state index is -0.645. The fraction of sp³-hybridized carbons (Fsp3) is 0.333. The van der Waals surface area contributed by atoms with Crippen molar-refractivity contribution in [1.29, 1.82) is 0 Å². The number of aryl methyl sites for hydroxylation is 1. The second-order valence-electron chi connectivity index (χ2n) is 4.89. The van der Waals surface area contributed by atoms with Crippen LogP contribution in [0.25, 0.3) is 0 Å². The number of benzene rings is 1. The molecular formula is C15H19FN4O. The first-order valence-electron chi connectivity index (χ1n) is 6.87. The van der Waals surface area contributed by atoms with Crippen LogP contribution < -0.4 is 11.1 Å². The zero-order chi connectivity index (χ0) is 15.4. The van der Waals surface area contributed by atoms with Crippen LogP contribution >= 0.6 is 0 Å². The number of hydrogen-bond acceptors (Lipinski definition) is 3. The Bertz CT molecular complexity index is 651. The van der Waals surface area contributed by atoms with Crippen molar-refractivity contribution in [1.82, 2.24) is 9.78 Å². The van der Waals surface area contributed by atoms with Gasteiger partial charge in [-0.3, -0.25) is 9.48 Å². The molecule has 0 saturated carbocycles. The molecule has 0 bridgehead atoms. The summed E-state index contributed by atoms with van der Waals surface area (Å²) >= 11 is 0. The van der Waals surface area contributed by atoms with Crippen molar-refractivity contribution in [2.45, 2.75) is 33.4 Å². The molecule has 0 fully saturated rings. The first kappa shape index (κ1) is 15.0. The summed E-state index contributed by atoms with van der Waals surface area (Å²) in [6, 6.07) is 4.64. The number of halogens is 1. The van der Waals surface area contributed by atoms with E-state index >= 15 is 0 Å². The summed E-state index contributed by atoms with van der Waals surface area (Å²) in [5.74, 6) is -1.09. The molecule has 0 aliphatic heterocycles. The number of nitrogens with one attached hydrogen (secondary N) is 1. The molecule has 0 atom stereocenters. The predicted octanol–water partition coefficient (Wildman–Crippen LogP) is 2.45. The van der Waals surface area contributed by atoms with Gasteiger partial charge in [-0.05, 0) is 31.5 Å². The van der Waals surface area contributed by atoms with E-state index in [4.69, 9.17) is 5.73 Å². The number of primary amides is 1. The Morgan fingerprint density at radius 1 is 1.48 bits per heavy atom. The molecule has 0 saturated heterocycles. The van der Waals surface area contributed by atoms with E-state index in [2.05, 4.69) is 17.3 Å². The molecule has 112 valence electrons. The third-order valence-corrected chi connectivity index (χ3v) is 3.33. The number of rotatable bonds is 6. The number of hydrogen-bond donors (Lipinski definition) is 2. The highest BCUT2D eigenvalue weighted by Crippen LogP contribution is 2.21. The van der Waals surface area contributed by atoms with Crippen LogP contribution in [-0.4, -0.2) is 15.7 Å². The fourth-order valence-corrected chi connectivity index (χ4v) is 2.11. The van der Waals surface area contributed by atoms with Crippen LogP contribution in [-0.2, 0) is 13.1 Å². The van der Waals surface area contributed by atoms with Crippen LogP contribution in [0.5, 0.6) is 0 Å². The SMILES string of the molecule is CCCn1nccc1CNc1cc(C(N)=O)cc(F)c1C. The Balaban J connectivity index is 2.19. The molecule has 6 heteroatoms. The second-order valence-corrected chi connectivity index (χ2v) is 4.89. The molecule has 0 aliphatic rings. The molecule has 21 heavy (non-hydrogen) atoms. The van der Waals surface area contributed by atoms with Crippen molar-refractivity contribution in [2.75, 3.05) is 5.32 Å². The highest BCUT2D eigenvalue weighted by atomic mass is 19.1. The van der Waals surface area contributed by atoms with Gasteiger partial charge in [0.15, 0.2) is 0 Å². The van der Waals surface area contributed by atoms with Gasteiger partial charge in [-0.2, -0.15) is 5.10 Å². The Hall–Kier alpha value is -2.37. The lowest BCUT2D eigenvalue weighted by molar-refractivity contribution is 0.1000. The molecule has 0 spiro atoms. The minimum Gasteiger partial charge on any atom is -0.379 e. The van der Waals surface area contributed by atoms with Crippen molar-refractivity contribution >= 4 is 11.6 Å². The Labute approximate surface area is 123 Å². The van der Waals surface area contributed by atoms with Gasteiger partial charge in [0.1, 0.15) is 5.82 Å². The summed E-state index contributed by atoms with van der Waals surface area (Å²) in [5, 5.41) is 7.37. The van der Waals surface area contributed by atoms with Crippen LogP contribution in [0.3, 0.4) is 0 Å². The normalized spacial score (nSPS) is 10.6. The number of nitrogens with zero attached hydrogens (tertiary/aromatic N) is 2. The third-order valence-electron chi connectivity index (χ3n) is 3.33. The van der Waals surface area contributed by atoms with E-state index in [1.54, 1.807) is 19.2 Å². The molecule has 2 aromatic rings. The molecule has 1 amide bonds. The molecule has 1 aromatic carbocycles. The van der Waals surface area contributed by atoms with E-state index in [-0.39, 0.29) is 5.56 Å². The standard InChI is InChI=1S/C15H19FN4O/c1-3-6-20-12(4-5-19-20)9-18-14-8-11(15(17)21)7-13(16)10(14)2/h4-5,7-8,18H,3,6,9H2,1-2H3,(H2,17,21). The maximum Gasteiger partial charge on any atom is 0.248 e. The summed E-state index contributed by atoms with van der Waals surface area (Å²) in [5.41, 5.74) is 7.39. The van der Waals surface area contributed by atoms with Crippen LogP contribution in [0.1, 0.15) is 35.0 Å². The monoisotopic (exact) mass is 290 g/mol. The molecule has 3 N–H and O–H groups in total. The number of carbonyl (C=O) groups excluding carboxylic acids is 1. The van der Waals surface area contributed by atoms with E-state index in [0.29, 0.717) is 17.8 Å². The average molecular weight is 290 g/mol. The number of nitrogens with two attached hydrogens (primary N) is 1. The van der Waals surface area contributed by atoms with E-state index < -0.39 is 11.7 Å². The van der Waals surface area contributed by atoms with Crippen LogP contribution in [0.4, 0.5) is 10.1 Å². The second kappa shape index (κ2) is 6.39. The molecule has 2 rings (SSSR count). The van der Waals surface area contributed by atoms with Gasteiger partial charge >= 0.3 is 0 Å². The van der Waals surface area contributed by atoms with Crippen molar-refractivity contribution in [3.8, 4) is 0 Å². The Kier molecular flexibility index (Phi) is 4.57. The van der Waals surface area contributed by atoms with Gasteiger partial charge in [0, 0.05) is 29.6 Å². The first-order valence-corrected chi connectivity index (χ1v) is 6.87. The van der Waals surface area contributed by atoms with E-state index in [1.165, 1.54) is 0 Å². The number of aromatic nitrogens is 2. The van der Waals surface area contributed by atoms with Gasteiger partial charge in [0.25, 0.3) is 0 Å². The average Bonchev–Trinajstić information content (AvgIpc) is 2.88. The molecule has 0 unspecified atom stereocenters. The van der Waals surface area contributed by atoms with Gasteiger partial charge in [0.05, 0.1) is 12.2 Å². The predicted molar refractivity (Wildman–Crippen MR) is 79.5 cm³/mol. The minimum absolute atomic E-state index is 0.155. The number of anilines is 1. The van der Waals surface area contributed by atoms with Crippen molar-refractivity contribution in [3.05, 3.63) is 47.0 Å². The molecule has 0 aliphatic carbocycles. The van der Waals surface area contributed by atoms with Gasteiger partial charge in [-0.15, -0.1) is 0 Å². The number of carbonyl (C=O) groups is 1. The van der Waals surface area contributed by atoms with Gasteiger partial charge < -0.3 is 11.1 Å². The molecule has 1 heterocycles. The lowest BCUT2D eigenvalue weighted by atomic mass is 10.1. The van der Waals surface area contributed by atoms with E-state index in [1.807, 2.05) is 10.7 Å². The lowest BCUT2D eigenvalue weighted by Crippen LogP contribution is -2.14. The molecule has 0 radical (unpaired) electrons. The van der Waals surface area contributed by atoms with E-state index in [0.717, 1.165) is 24.7 Å². The lowest BCUT2D eigenvalue weighted by Gasteiger charge is -2.12. The van der Waals surface area contributed by atoms with Gasteiger partial charge in [-0.25, -0.2) is 4.39 Å². The van der Waals surface area contributed by atoms with Crippen molar-refractivity contribution < 1.29 is 9.18 Å². The maximum absolute atomic E-state index is 13.8. The Morgan fingerprint density at radius 2 is 2.24 bits per heavy atom. The largest absolute Gasteiger partial charge is 0.379 e. The summed E-state index contributed by atoms with van der Waals surface area (Å²) in [7, 11) is 0. The maximum atomic E-state index is 13.8. The molecular weight excluding hydrogens is 271 g/mol. The summed E-state index contributed by atoms with van der Waals surface area (Å²) in [6.07, 6.45) is 2.72. The first-order chi connectivity index (χ1) is 10.0. The summed E-state index contributed by atoms with van der Waals surface area (Å²) in [4.78, 5) is 11.2. The zero-order valence-corrected chi connectivity index (χ0v) is 12.2. The van der Waals surface area contributed by atoms with Gasteiger partial charge in [0.2, 0.25) is 5.91 Å². The highest BCUT2D eigenvalue weighted by molar-refractivity contribution is 5.94. The smallest absolute Gasteiger partial charge is 0.248 e. The quantitative estimate of drug-likeness (QED) is 0.858. The fourth-order valence-electron chi connectivity index (χ4n) is 2.11. The Morgan fingerprint density at radius 3 is 2.90 bits per heavy atom. The van der Waals surface area contributed by atoms with Crippen molar-refractivity contribution in [2.24, 2.45) is 5.73 Å². The number of amides is 1.